The summed E-state index contributed by atoms with van der Waals surface area (Å²) >= 11 is 6.59. The Morgan fingerprint density at radius 3 is 2.35 bits per heavy atom. The van der Waals surface area contributed by atoms with E-state index in [9.17, 15) is 9.90 Å². The van der Waals surface area contributed by atoms with Gasteiger partial charge in [0, 0.05) is 16.6 Å². The van der Waals surface area contributed by atoms with Crippen molar-refractivity contribution in [3.05, 3.63) is 93.2 Å². The van der Waals surface area contributed by atoms with Crippen LogP contribution >= 0.6 is 11.6 Å². The molecule has 0 amide bonds. The van der Waals surface area contributed by atoms with Crippen LogP contribution in [0.25, 0.3) is 33.2 Å². The first-order valence-electron chi connectivity index (χ1n) is 10.8. The minimum absolute atomic E-state index is 0.115. The molecule has 31 heavy (non-hydrogen) atoms. The minimum Gasteiger partial charge on any atom is -0.385 e. The molecule has 0 atom stereocenters. The summed E-state index contributed by atoms with van der Waals surface area (Å²) < 4.78 is 0. The fourth-order valence-electron chi connectivity index (χ4n) is 4.50. The van der Waals surface area contributed by atoms with E-state index < -0.39 is 5.60 Å². The highest BCUT2D eigenvalue weighted by atomic mass is 35.5. The number of aromatic amines is 1. The Hall–Kier alpha value is -2.88. The number of aromatic nitrogens is 1. The van der Waals surface area contributed by atoms with Gasteiger partial charge in [0.1, 0.15) is 0 Å². The SMILES string of the molecule is CCc1ccccc1-c1cc2cc(-c3ccc(C4(O)CCC4)cc3)c(Cl)cc2[nH]c1=O. The van der Waals surface area contributed by atoms with E-state index in [1.165, 1.54) is 0 Å². The fraction of sp³-hybridized carbons (Fsp3) is 0.222. The van der Waals surface area contributed by atoms with Gasteiger partial charge in [-0.2, -0.15) is 0 Å². The molecule has 2 N–H and O–H groups in total. The first kappa shape index (κ1) is 20.0. The lowest BCUT2D eigenvalue weighted by Gasteiger charge is -2.37. The van der Waals surface area contributed by atoms with Crippen molar-refractivity contribution in [1.29, 1.82) is 0 Å². The normalized spacial score (nSPS) is 15.1. The summed E-state index contributed by atoms with van der Waals surface area (Å²) in [5, 5.41) is 12.1. The Labute approximate surface area is 186 Å². The molecule has 0 spiro atoms. The lowest BCUT2D eigenvalue weighted by atomic mass is 9.75. The maximum Gasteiger partial charge on any atom is 0.256 e. The largest absolute Gasteiger partial charge is 0.385 e. The topological polar surface area (TPSA) is 53.1 Å². The van der Waals surface area contributed by atoms with Crippen LogP contribution < -0.4 is 5.56 Å². The van der Waals surface area contributed by atoms with Gasteiger partial charge in [-0.05, 0) is 71.5 Å². The van der Waals surface area contributed by atoms with Crippen LogP contribution in [-0.2, 0) is 12.0 Å². The van der Waals surface area contributed by atoms with E-state index in [4.69, 9.17) is 11.6 Å². The van der Waals surface area contributed by atoms with Gasteiger partial charge in [0.15, 0.2) is 0 Å². The third-order valence-electron chi connectivity index (χ3n) is 6.53. The highest BCUT2D eigenvalue weighted by Crippen LogP contribution is 2.42. The van der Waals surface area contributed by atoms with Gasteiger partial charge in [-0.15, -0.1) is 0 Å². The maximum atomic E-state index is 12.8. The third-order valence-corrected chi connectivity index (χ3v) is 6.85. The number of hydrogen-bond donors (Lipinski definition) is 2. The molecule has 156 valence electrons. The molecule has 3 aromatic carbocycles. The Morgan fingerprint density at radius 2 is 1.68 bits per heavy atom. The third kappa shape index (κ3) is 3.48. The fourth-order valence-corrected chi connectivity index (χ4v) is 4.77. The van der Waals surface area contributed by atoms with Gasteiger partial charge < -0.3 is 10.1 Å². The smallest absolute Gasteiger partial charge is 0.256 e. The molecule has 0 unspecified atom stereocenters. The molecule has 1 aliphatic rings. The maximum absolute atomic E-state index is 12.8. The number of nitrogens with one attached hydrogen (secondary N) is 1. The Balaban J connectivity index is 1.61. The van der Waals surface area contributed by atoms with Crippen molar-refractivity contribution in [2.45, 2.75) is 38.2 Å². The number of hydrogen-bond acceptors (Lipinski definition) is 2. The molecule has 0 aliphatic heterocycles. The second-order valence-corrected chi connectivity index (χ2v) is 8.81. The van der Waals surface area contributed by atoms with Crippen LogP contribution in [-0.4, -0.2) is 10.1 Å². The molecule has 3 nitrogen and oxygen atoms in total. The molecule has 0 radical (unpaired) electrons. The molecule has 1 aliphatic carbocycles. The summed E-state index contributed by atoms with van der Waals surface area (Å²) in [4.78, 5) is 15.8. The lowest BCUT2D eigenvalue weighted by molar-refractivity contribution is -0.0387. The van der Waals surface area contributed by atoms with E-state index in [-0.39, 0.29) is 5.56 Å². The number of aryl methyl sites for hydroxylation is 1. The molecule has 1 aromatic heterocycles. The predicted octanol–water partition coefficient (Wildman–Crippen LogP) is 6.45. The summed E-state index contributed by atoms with van der Waals surface area (Å²) in [6.07, 6.45) is 3.56. The lowest BCUT2D eigenvalue weighted by Crippen LogP contribution is -2.33. The van der Waals surface area contributed by atoms with Crippen molar-refractivity contribution in [3.8, 4) is 22.3 Å². The first-order chi connectivity index (χ1) is 15.0. The minimum atomic E-state index is -0.674. The standard InChI is InChI=1S/C27H24ClNO2/c1-2-17-6-3-4-7-21(17)23-15-19-14-22(24(28)16-25(19)29-26(23)30)18-8-10-20(11-9-18)27(31)12-5-13-27/h3-4,6-11,14-16,31H,2,5,12-13H2,1H3,(H,29,30). The molecule has 1 fully saturated rings. The van der Waals surface area contributed by atoms with Gasteiger partial charge >= 0.3 is 0 Å². The van der Waals surface area contributed by atoms with Crippen molar-refractivity contribution in [3.63, 3.8) is 0 Å². The number of halogens is 1. The second-order valence-electron chi connectivity index (χ2n) is 8.40. The number of rotatable bonds is 4. The average molecular weight is 430 g/mol. The van der Waals surface area contributed by atoms with Crippen LogP contribution in [0.3, 0.4) is 0 Å². The van der Waals surface area contributed by atoms with Crippen molar-refractivity contribution in [2.24, 2.45) is 0 Å². The van der Waals surface area contributed by atoms with Gasteiger partial charge in [-0.25, -0.2) is 0 Å². The quantitative estimate of drug-likeness (QED) is 0.391. The molecule has 5 rings (SSSR count). The zero-order valence-corrected chi connectivity index (χ0v) is 18.2. The van der Waals surface area contributed by atoms with Crippen LogP contribution in [0.1, 0.15) is 37.3 Å². The summed E-state index contributed by atoms with van der Waals surface area (Å²) in [5.41, 5.74) is 5.56. The monoisotopic (exact) mass is 429 g/mol. The zero-order chi connectivity index (χ0) is 21.6. The van der Waals surface area contributed by atoms with Crippen LogP contribution in [0.15, 0.2) is 71.5 Å². The number of benzene rings is 3. The van der Waals surface area contributed by atoms with Crippen molar-refractivity contribution in [1.82, 2.24) is 4.98 Å². The van der Waals surface area contributed by atoms with Crippen molar-refractivity contribution in [2.75, 3.05) is 0 Å². The first-order valence-corrected chi connectivity index (χ1v) is 11.1. The van der Waals surface area contributed by atoms with Crippen LogP contribution in [0.5, 0.6) is 0 Å². The van der Waals surface area contributed by atoms with E-state index in [2.05, 4.69) is 18.0 Å². The molecule has 0 saturated heterocycles. The van der Waals surface area contributed by atoms with E-state index in [1.54, 1.807) is 0 Å². The Morgan fingerprint density at radius 1 is 0.968 bits per heavy atom. The van der Waals surface area contributed by atoms with Crippen LogP contribution in [0, 0.1) is 0 Å². The zero-order valence-electron chi connectivity index (χ0n) is 17.4. The summed E-state index contributed by atoms with van der Waals surface area (Å²) in [6.45, 7) is 2.09. The van der Waals surface area contributed by atoms with Gasteiger partial charge in [0.05, 0.1) is 10.6 Å². The molecular weight excluding hydrogens is 406 g/mol. The van der Waals surface area contributed by atoms with Crippen LogP contribution in [0.4, 0.5) is 0 Å². The summed E-state index contributed by atoms with van der Waals surface area (Å²) in [5.74, 6) is 0. The van der Waals surface area contributed by atoms with Gasteiger partial charge in [0.2, 0.25) is 0 Å². The van der Waals surface area contributed by atoms with Crippen molar-refractivity contribution < 1.29 is 5.11 Å². The van der Waals surface area contributed by atoms with E-state index >= 15 is 0 Å². The molecule has 1 heterocycles. The molecule has 0 bridgehead atoms. The van der Waals surface area contributed by atoms with Gasteiger partial charge in [-0.3, -0.25) is 4.79 Å². The molecular formula is C27H24ClNO2. The van der Waals surface area contributed by atoms with Gasteiger partial charge in [0.25, 0.3) is 5.56 Å². The van der Waals surface area contributed by atoms with Crippen LogP contribution in [0.2, 0.25) is 5.02 Å². The molecule has 4 heteroatoms. The van der Waals surface area contributed by atoms with Crippen molar-refractivity contribution >= 4 is 22.5 Å². The number of aliphatic hydroxyl groups is 1. The highest BCUT2D eigenvalue weighted by molar-refractivity contribution is 6.34. The number of H-pyrrole nitrogens is 1. The van der Waals surface area contributed by atoms with E-state index in [0.29, 0.717) is 10.6 Å². The summed E-state index contributed by atoms with van der Waals surface area (Å²) in [6, 6.07) is 21.8. The highest BCUT2D eigenvalue weighted by Gasteiger charge is 2.35. The predicted molar refractivity (Wildman–Crippen MR) is 128 cm³/mol. The molecule has 4 aromatic rings. The number of fused-ring (bicyclic) bond motifs is 1. The van der Waals surface area contributed by atoms with E-state index in [0.717, 1.165) is 64.4 Å². The van der Waals surface area contributed by atoms with Gasteiger partial charge in [-0.1, -0.05) is 67.1 Å². The summed E-state index contributed by atoms with van der Waals surface area (Å²) in [7, 11) is 0. The Kier molecular flexibility index (Phi) is 4.96. The second kappa shape index (κ2) is 7.67. The molecule has 1 saturated carbocycles. The number of pyridine rings is 1. The average Bonchev–Trinajstić information content (AvgIpc) is 2.77. The van der Waals surface area contributed by atoms with E-state index in [1.807, 2.05) is 60.7 Å². The Bertz CT molecular complexity index is 1330.